The first-order chi connectivity index (χ1) is 13.0. The summed E-state index contributed by atoms with van der Waals surface area (Å²) >= 11 is 0. The lowest BCUT2D eigenvalue weighted by molar-refractivity contribution is -0.369. The van der Waals surface area contributed by atoms with E-state index in [4.69, 9.17) is 23.7 Å². The Hall–Kier alpha value is -2.30. The summed E-state index contributed by atoms with van der Waals surface area (Å²) < 4.78 is 32.3. The zero-order valence-corrected chi connectivity index (χ0v) is 14.6. The summed E-state index contributed by atoms with van der Waals surface area (Å²) in [6.07, 6.45) is -3.91. The summed E-state index contributed by atoms with van der Waals surface area (Å²) in [5, 5.41) is 11.2. The van der Waals surface area contributed by atoms with E-state index < -0.39 is 48.1 Å². The second-order valence-electron chi connectivity index (χ2n) is 6.24. The second-order valence-corrected chi connectivity index (χ2v) is 6.24. The van der Waals surface area contributed by atoms with Crippen molar-refractivity contribution in [1.82, 2.24) is 0 Å². The molecule has 9 nitrogen and oxygen atoms in total. The van der Waals surface area contributed by atoms with E-state index in [1.165, 1.54) is 7.11 Å². The van der Waals surface area contributed by atoms with Crippen LogP contribution in [0.2, 0.25) is 0 Å². The van der Waals surface area contributed by atoms with E-state index in [0.29, 0.717) is 0 Å². The van der Waals surface area contributed by atoms with Crippen molar-refractivity contribution in [2.45, 2.75) is 30.6 Å². The first-order valence-corrected chi connectivity index (χ1v) is 8.28. The van der Waals surface area contributed by atoms with E-state index in [9.17, 15) is 14.7 Å². The molecule has 9 heteroatoms. The maximum atomic E-state index is 12.3. The van der Waals surface area contributed by atoms with Crippen LogP contribution in [0.5, 0.6) is 0 Å². The Kier molecular flexibility index (Phi) is 4.49. The van der Waals surface area contributed by atoms with E-state index in [-0.39, 0.29) is 12.2 Å². The van der Waals surface area contributed by atoms with E-state index in [1.807, 2.05) is 18.2 Å². The number of fused-ring (bicyclic) bond motifs is 3. The Balaban J connectivity index is 1.73. The molecule has 0 aromatic heterocycles. The quantitative estimate of drug-likeness (QED) is 0.582. The summed E-state index contributed by atoms with van der Waals surface area (Å²) in [6.45, 7) is 0.0603. The van der Waals surface area contributed by atoms with E-state index in [1.54, 1.807) is 12.1 Å². The third-order valence-electron chi connectivity index (χ3n) is 4.72. The molecule has 5 atom stereocenters. The van der Waals surface area contributed by atoms with Crippen LogP contribution in [0.3, 0.4) is 0 Å². The van der Waals surface area contributed by atoms with Crippen LogP contribution in [0, 0.1) is 0 Å². The summed E-state index contributed by atoms with van der Waals surface area (Å²) in [4.78, 5) is 24.4. The number of carbonyl (C=O) groups is 2. The lowest BCUT2D eigenvalue weighted by Gasteiger charge is -2.48. The molecule has 144 valence electrons. The van der Waals surface area contributed by atoms with Gasteiger partial charge in [-0.25, -0.2) is 9.59 Å². The van der Waals surface area contributed by atoms with Gasteiger partial charge in [0.1, 0.15) is 6.10 Å². The van der Waals surface area contributed by atoms with Crippen molar-refractivity contribution >= 4 is 11.9 Å². The smallest absolute Gasteiger partial charge is 0.348 e. The molecular weight excluding hydrogens is 360 g/mol. The summed E-state index contributed by atoms with van der Waals surface area (Å²) in [6, 6.07) is 9.08. The lowest BCUT2D eigenvalue weighted by Crippen LogP contribution is -2.63. The molecule has 1 N–H and O–H groups in total. The van der Waals surface area contributed by atoms with Crippen molar-refractivity contribution in [2.75, 3.05) is 20.8 Å². The normalized spacial score (nSPS) is 35.3. The molecule has 3 aliphatic rings. The predicted molar refractivity (Wildman–Crippen MR) is 85.8 cm³/mol. The number of aliphatic hydroxyl groups is 1. The molecule has 27 heavy (non-hydrogen) atoms. The highest BCUT2D eigenvalue weighted by Gasteiger charge is 2.65. The van der Waals surface area contributed by atoms with Crippen LogP contribution >= 0.6 is 0 Å². The van der Waals surface area contributed by atoms with Gasteiger partial charge < -0.3 is 33.5 Å². The molecule has 3 aliphatic heterocycles. The van der Waals surface area contributed by atoms with Crippen LogP contribution in [0.1, 0.15) is 11.9 Å². The Morgan fingerprint density at radius 2 is 1.96 bits per heavy atom. The molecule has 4 rings (SSSR count). The minimum Gasteiger partial charge on any atom is -0.465 e. The van der Waals surface area contributed by atoms with Crippen molar-refractivity contribution in [3.05, 3.63) is 47.0 Å². The Morgan fingerprint density at radius 3 is 2.63 bits per heavy atom. The number of benzene rings is 1. The molecule has 0 bridgehead atoms. The Labute approximate surface area is 154 Å². The number of esters is 2. The van der Waals surface area contributed by atoms with Gasteiger partial charge in [-0.3, -0.25) is 0 Å². The van der Waals surface area contributed by atoms with E-state index in [2.05, 4.69) is 4.74 Å². The monoisotopic (exact) mass is 378 g/mol. The molecule has 0 unspecified atom stereocenters. The number of hydrogen-bond acceptors (Lipinski definition) is 9. The SMILES string of the molecule is COC(=O)C1=C2[C@@H](OC)O[C@@H]3CO[C@@H](c4ccccc4)O[C@@H]3[C@]2(O)OC1=O. The van der Waals surface area contributed by atoms with Gasteiger partial charge in [0.05, 0.1) is 19.3 Å². The molecule has 0 radical (unpaired) electrons. The van der Waals surface area contributed by atoms with Crippen molar-refractivity contribution < 1.29 is 43.1 Å². The Bertz CT molecular complexity index is 789. The van der Waals surface area contributed by atoms with Gasteiger partial charge in [0.2, 0.25) is 0 Å². The number of rotatable bonds is 3. The molecule has 0 saturated carbocycles. The van der Waals surface area contributed by atoms with Crippen molar-refractivity contribution in [1.29, 1.82) is 0 Å². The average Bonchev–Trinajstić information content (AvgIpc) is 2.98. The number of ether oxygens (including phenoxy) is 6. The molecule has 2 saturated heterocycles. The van der Waals surface area contributed by atoms with Gasteiger partial charge in [0, 0.05) is 12.7 Å². The standard InChI is InChI=1S/C18H18O9/c1-22-14(19)11-12-17(23-2)25-10-8-24-16(9-6-4-3-5-7-9)26-13(10)18(12,21)27-15(11)20/h3-7,10,13,16-17,21H,8H2,1-2H3/t10-,13+,16-,17+,18-/m1/s1. The first-order valence-electron chi connectivity index (χ1n) is 8.28. The lowest BCUT2D eigenvalue weighted by atomic mass is 9.90. The largest absolute Gasteiger partial charge is 0.465 e. The number of carbonyl (C=O) groups excluding carboxylic acids is 2. The van der Waals surface area contributed by atoms with Crippen LogP contribution in [-0.4, -0.2) is 62.2 Å². The van der Waals surface area contributed by atoms with E-state index in [0.717, 1.165) is 12.7 Å². The fourth-order valence-electron chi connectivity index (χ4n) is 3.50. The predicted octanol–water partition coefficient (Wildman–Crippen LogP) is 0.187. The van der Waals surface area contributed by atoms with Gasteiger partial charge in [-0.05, 0) is 0 Å². The van der Waals surface area contributed by atoms with Crippen molar-refractivity contribution in [2.24, 2.45) is 0 Å². The van der Waals surface area contributed by atoms with Crippen LogP contribution in [-0.2, 0) is 38.0 Å². The van der Waals surface area contributed by atoms with Gasteiger partial charge in [-0.15, -0.1) is 0 Å². The van der Waals surface area contributed by atoms with Gasteiger partial charge in [0.25, 0.3) is 5.79 Å². The molecular formula is C18H18O9. The second kappa shape index (κ2) is 6.70. The number of methoxy groups -OCH3 is 2. The van der Waals surface area contributed by atoms with Gasteiger partial charge in [0.15, 0.2) is 24.3 Å². The highest BCUT2D eigenvalue weighted by atomic mass is 16.8. The zero-order chi connectivity index (χ0) is 19.2. The minimum atomic E-state index is -2.24. The maximum absolute atomic E-state index is 12.3. The van der Waals surface area contributed by atoms with Gasteiger partial charge in [-0.1, -0.05) is 30.3 Å². The fraction of sp³-hybridized carbons (Fsp3) is 0.444. The summed E-state index contributed by atoms with van der Waals surface area (Å²) in [5.41, 5.74) is 0.0879. The molecule has 1 aromatic carbocycles. The van der Waals surface area contributed by atoms with Crippen molar-refractivity contribution in [3.63, 3.8) is 0 Å². The van der Waals surface area contributed by atoms with Gasteiger partial charge >= 0.3 is 11.9 Å². The van der Waals surface area contributed by atoms with Crippen LogP contribution in [0.4, 0.5) is 0 Å². The topological polar surface area (TPSA) is 110 Å². The highest BCUT2D eigenvalue weighted by molar-refractivity contribution is 6.16. The molecule has 0 spiro atoms. The molecule has 0 aliphatic carbocycles. The fourth-order valence-corrected chi connectivity index (χ4v) is 3.50. The zero-order valence-electron chi connectivity index (χ0n) is 14.6. The maximum Gasteiger partial charge on any atom is 0.348 e. The molecule has 3 heterocycles. The van der Waals surface area contributed by atoms with Crippen LogP contribution < -0.4 is 0 Å². The first kappa shape index (κ1) is 18.1. The average molecular weight is 378 g/mol. The minimum absolute atomic E-state index is 0.0603. The summed E-state index contributed by atoms with van der Waals surface area (Å²) in [5.74, 6) is -4.22. The molecule has 0 amide bonds. The Morgan fingerprint density at radius 1 is 1.22 bits per heavy atom. The van der Waals surface area contributed by atoms with Crippen molar-refractivity contribution in [3.8, 4) is 0 Å². The van der Waals surface area contributed by atoms with Gasteiger partial charge in [-0.2, -0.15) is 0 Å². The van der Waals surface area contributed by atoms with Crippen LogP contribution in [0.25, 0.3) is 0 Å². The number of hydrogen-bond donors (Lipinski definition) is 1. The van der Waals surface area contributed by atoms with Crippen LogP contribution in [0.15, 0.2) is 41.5 Å². The summed E-state index contributed by atoms with van der Waals surface area (Å²) in [7, 11) is 2.43. The molecule has 2 fully saturated rings. The highest BCUT2D eigenvalue weighted by Crippen LogP contribution is 2.47. The third-order valence-corrected chi connectivity index (χ3v) is 4.72. The third kappa shape index (κ3) is 2.75. The molecule has 1 aromatic rings. The van der Waals surface area contributed by atoms with E-state index >= 15 is 0 Å².